The van der Waals surface area contributed by atoms with Gasteiger partial charge in [0.25, 0.3) is 5.91 Å². The highest BCUT2D eigenvalue weighted by Crippen LogP contribution is 2.23. The van der Waals surface area contributed by atoms with Crippen LogP contribution in [-0.2, 0) is 0 Å². The molecule has 0 unspecified atom stereocenters. The normalized spacial score (nSPS) is 20.9. The summed E-state index contributed by atoms with van der Waals surface area (Å²) in [7, 11) is 0. The fourth-order valence-corrected chi connectivity index (χ4v) is 2.99. The van der Waals surface area contributed by atoms with Gasteiger partial charge in [0, 0.05) is 12.1 Å². The van der Waals surface area contributed by atoms with Crippen LogP contribution in [-0.4, -0.2) is 57.4 Å². The number of benzene rings is 2. The molecule has 2 atom stereocenters. The van der Waals surface area contributed by atoms with Gasteiger partial charge < -0.3 is 20.2 Å². The van der Waals surface area contributed by atoms with Crippen molar-refractivity contribution in [3.8, 4) is 0 Å². The molecule has 3 N–H and O–H groups in total. The SMILES string of the molecule is O=C(O)c1ccc2cc(C(=O)N3C[C@@H](O)C[C@H]3CO)ccc2c1. The first kappa shape index (κ1) is 15.5. The minimum Gasteiger partial charge on any atom is -0.478 e. The van der Waals surface area contributed by atoms with Crippen LogP contribution < -0.4 is 0 Å². The largest absolute Gasteiger partial charge is 0.478 e. The molecule has 0 aliphatic carbocycles. The number of amides is 1. The van der Waals surface area contributed by atoms with Gasteiger partial charge in [-0.2, -0.15) is 0 Å². The predicted octanol–water partition coefficient (Wildman–Crippen LogP) is 1.11. The molecule has 1 heterocycles. The summed E-state index contributed by atoms with van der Waals surface area (Å²) in [6, 6.07) is 9.38. The van der Waals surface area contributed by atoms with Gasteiger partial charge in [-0.05, 0) is 41.5 Å². The monoisotopic (exact) mass is 315 g/mol. The van der Waals surface area contributed by atoms with Crippen molar-refractivity contribution in [3.05, 3.63) is 47.5 Å². The van der Waals surface area contributed by atoms with Crippen molar-refractivity contribution in [2.45, 2.75) is 18.6 Å². The zero-order chi connectivity index (χ0) is 16.6. The molecule has 23 heavy (non-hydrogen) atoms. The van der Waals surface area contributed by atoms with Crippen molar-refractivity contribution in [1.29, 1.82) is 0 Å². The molecule has 6 heteroatoms. The number of rotatable bonds is 3. The van der Waals surface area contributed by atoms with Gasteiger partial charge in [-0.15, -0.1) is 0 Å². The summed E-state index contributed by atoms with van der Waals surface area (Å²) in [6.07, 6.45) is -0.243. The Kier molecular flexibility index (Phi) is 4.02. The molecule has 1 amide bonds. The smallest absolute Gasteiger partial charge is 0.335 e. The summed E-state index contributed by atoms with van der Waals surface area (Å²) >= 11 is 0. The Balaban J connectivity index is 1.92. The molecule has 1 saturated heterocycles. The highest BCUT2D eigenvalue weighted by atomic mass is 16.4. The summed E-state index contributed by atoms with van der Waals surface area (Å²) in [4.78, 5) is 25.1. The molecule has 1 aliphatic heterocycles. The van der Waals surface area contributed by atoms with Crippen LogP contribution in [0.15, 0.2) is 36.4 Å². The van der Waals surface area contributed by atoms with Gasteiger partial charge in [0.2, 0.25) is 0 Å². The van der Waals surface area contributed by atoms with E-state index in [0.29, 0.717) is 12.0 Å². The van der Waals surface area contributed by atoms with Crippen LogP contribution in [0.25, 0.3) is 10.8 Å². The van der Waals surface area contributed by atoms with Gasteiger partial charge in [-0.25, -0.2) is 4.79 Å². The second-order valence-corrected chi connectivity index (χ2v) is 5.77. The van der Waals surface area contributed by atoms with Gasteiger partial charge in [0.15, 0.2) is 0 Å². The van der Waals surface area contributed by atoms with E-state index in [-0.39, 0.29) is 30.7 Å². The Morgan fingerprint density at radius 3 is 2.30 bits per heavy atom. The molecule has 6 nitrogen and oxygen atoms in total. The maximum absolute atomic E-state index is 12.6. The van der Waals surface area contributed by atoms with Crippen LogP contribution in [0, 0.1) is 0 Å². The third kappa shape index (κ3) is 2.91. The zero-order valence-corrected chi connectivity index (χ0v) is 12.3. The van der Waals surface area contributed by atoms with Gasteiger partial charge >= 0.3 is 5.97 Å². The number of nitrogens with zero attached hydrogens (tertiary/aromatic N) is 1. The molecule has 0 spiro atoms. The number of aromatic carboxylic acids is 1. The number of hydrogen-bond acceptors (Lipinski definition) is 4. The van der Waals surface area contributed by atoms with Crippen LogP contribution in [0.5, 0.6) is 0 Å². The highest BCUT2D eigenvalue weighted by Gasteiger charge is 2.34. The number of β-amino-alcohol motifs (C(OH)–C–C–N with tert-alkyl or cyclic N) is 1. The number of aliphatic hydroxyl groups is 2. The van der Waals surface area contributed by atoms with Crippen LogP contribution in [0.1, 0.15) is 27.1 Å². The van der Waals surface area contributed by atoms with Crippen LogP contribution >= 0.6 is 0 Å². The molecule has 2 aromatic rings. The summed E-state index contributed by atoms with van der Waals surface area (Å²) in [5.41, 5.74) is 0.646. The summed E-state index contributed by atoms with van der Waals surface area (Å²) in [6.45, 7) is 0.0262. The predicted molar refractivity (Wildman–Crippen MR) is 83.4 cm³/mol. The van der Waals surface area contributed by atoms with Gasteiger partial charge in [-0.1, -0.05) is 12.1 Å². The van der Waals surface area contributed by atoms with Crippen molar-refractivity contribution >= 4 is 22.6 Å². The summed E-state index contributed by atoms with van der Waals surface area (Å²) in [5, 5.41) is 29.5. The lowest BCUT2D eigenvalue weighted by Gasteiger charge is -2.22. The first-order valence-corrected chi connectivity index (χ1v) is 7.36. The Hall–Kier alpha value is -2.44. The Morgan fingerprint density at radius 1 is 1.09 bits per heavy atom. The molecule has 120 valence electrons. The zero-order valence-electron chi connectivity index (χ0n) is 12.3. The Morgan fingerprint density at radius 2 is 1.70 bits per heavy atom. The quantitative estimate of drug-likeness (QED) is 0.788. The minimum atomic E-state index is -0.996. The van der Waals surface area contributed by atoms with E-state index in [1.165, 1.54) is 11.0 Å². The van der Waals surface area contributed by atoms with Gasteiger partial charge in [0.05, 0.1) is 24.3 Å². The number of fused-ring (bicyclic) bond motifs is 1. The van der Waals surface area contributed by atoms with E-state index in [9.17, 15) is 19.8 Å². The lowest BCUT2D eigenvalue weighted by molar-refractivity contribution is 0.0663. The van der Waals surface area contributed by atoms with Crippen molar-refractivity contribution in [1.82, 2.24) is 4.90 Å². The van der Waals surface area contributed by atoms with E-state index >= 15 is 0 Å². The van der Waals surface area contributed by atoms with E-state index in [0.717, 1.165) is 10.8 Å². The molecule has 0 saturated carbocycles. The average Bonchev–Trinajstić information content (AvgIpc) is 2.94. The molecule has 2 aromatic carbocycles. The molecule has 1 aliphatic rings. The summed E-state index contributed by atoms with van der Waals surface area (Å²) < 4.78 is 0. The Bertz CT molecular complexity index is 773. The first-order valence-electron chi connectivity index (χ1n) is 7.36. The van der Waals surface area contributed by atoms with E-state index in [1.54, 1.807) is 30.3 Å². The molecule has 0 bridgehead atoms. The van der Waals surface area contributed by atoms with E-state index in [2.05, 4.69) is 0 Å². The Labute approximate surface area is 132 Å². The fraction of sp³-hybridized carbons (Fsp3) is 0.294. The summed E-state index contributed by atoms with van der Waals surface area (Å²) in [5.74, 6) is -1.24. The number of hydrogen-bond donors (Lipinski definition) is 3. The lowest BCUT2D eigenvalue weighted by Crippen LogP contribution is -2.37. The molecule has 1 fully saturated rings. The maximum atomic E-state index is 12.6. The first-order chi connectivity index (χ1) is 11.0. The molecular formula is C17H17NO5. The fourth-order valence-electron chi connectivity index (χ4n) is 2.99. The number of carboxylic acids is 1. The topological polar surface area (TPSA) is 98.1 Å². The van der Waals surface area contributed by atoms with Gasteiger partial charge in [-0.3, -0.25) is 4.79 Å². The maximum Gasteiger partial charge on any atom is 0.335 e. The third-order valence-electron chi connectivity index (χ3n) is 4.20. The molecule has 0 radical (unpaired) electrons. The van der Waals surface area contributed by atoms with Crippen molar-refractivity contribution in [2.75, 3.05) is 13.2 Å². The van der Waals surface area contributed by atoms with Gasteiger partial charge in [0.1, 0.15) is 0 Å². The van der Waals surface area contributed by atoms with E-state index in [1.807, 2.05) is 0 Å². The van der Waals surface area contributed by atoms with Crippen LogP contribution in [0.2, 0.25) is 0 Å². The number of carbonyl (C=O) groups is 2. The second-order valence-electron chi connectivity index (χ2n) is 5.77. The average molecular weight is 315 g/mol. The molecule has 3 rings (SSSR count). The standard InChI is InChI=1S/C17H17NO5/c19-9-14-7-15(20)8-18(14)16(21)12-3-1-11-6-13(17(22)23)4-2-10(11)5-12/h1-6,14-15,19-20H,7-9H2,(H,22,23)/t14-,15-/m0/s1. The number of aliphatic hydroxyl groups excluding tert-OH is 2. The van der Waals surface area contributed by atoms with E-state index < -0.39 is 12.1 Å². The minimum absolute atomic E-state index is 0.182. The second kappa shape index (κ2) is 5.98. The number of likely N-dealkylation sites (tertiary alicyclic amines) is 1. The van der Waals surface area contributed by atoms with Crippen molar-refractivity contribution < 1.29 is 24.9 Å². The lowest BCUT2D eigenvalue weighted by atomic mass is 10.0. The van der Waals surface area contributed by atoms with Crippen molar-refractivity contribution in [3.63, 3.8) is 0 Å². The van der Waals surface area contributed by atoms with Crippen LogP contribution in [0.3, 0.4) is 0 Å². The number of carbonyl (C=O) groups excluding carboxylic acids is 1. The molecular weight excluding hydrogens is 298 g/mol. The third-order valence-corrected chi connectivity index (χ3v) is 4.20. The van der Waals surface area contributed by atoms with Crippen LogP contribution in [0.4, 0.5) is 0 Å². The highest BCUT2D eigenvalue weighted by molar-refractivity contribution is 6.00. The van der Waals surface area contributed by atoms with Crippen molar-refractivity contribution in [2.24, 2.45) is 0 Å². The number of carboxylic acid groups (broad SMARTS) is 1. The van der Waals surface area contributed by atoms with E-state index in [4.69, 9.17) is 5.11 Å². The molecule has 0 aromatic heterocycles.